The third kappa shape index (κ3) is 3.83. The maximum atomic E-state index is 9.15. The Morgan fingerprint density at radius 3 is 2.61 bits per heavy atom. The summed E-state index contributed by atoms with van der Waals surface area (Å²) in [5.41, 5.74) is 4.39. The van der Waals surface area contributed by atoms with Crippen LogP contribution >= 0.6 is 11.3 Å². The Morgan fingerprint density at radius 1 is 1.04 bits per heavy atom. The number of benzene rings is 1. The Hall–Kier alpha value is -2.96. The van der Waals surface area contributed by atoms with Gasteiger partial charge in [0.05, 0.1) is 18.8 Å². The molecule has 142 valence electrons. The standard InChI is InChI=1S/C22H22N4OS/c1-15-20(16-7-3-2-4-8-16)21-18(25-14-17-9-5-6-10-23-17)13-19(24-11-12-27)26-22(21)28-15/h2-10,13,27H,11-12,14H2,1H3,(H2,24,25,26). The first-order chi connectivity index (χ1) is 13.8. The van der Waals surface area contributed by atoms with Crippen molar-refractivity contribution in [1.29, 1.82) is 0 Å². The lowest BCUT2D eigenvalue weighted by atomic mass is 10.0. The third-order valence-corrected chi connectivity index (χ3v) is 5.50. The van der Waals surface area contributed by atoms with E-state index in [1.165, 1.54) is 16.0 Å². The minimum Gasteiger partial charge on any atom is -0.395 e. The van der Waals surface area contributed by atoms with Crippen molar-refractivity contribution >= 4 is 33.1 Å². The Morgan fingerprint density at radius 2 is 1.86 bits per heavy atom. The maximum absolute atomic E-state index is 9.15. The van der Waals surface area contributed by atoms with Crippen LogP contribution in [0.25, 0.3) is 21.3 Å². The minimum absolute atomic E-state index is 0.0646. The van der Waals surface area contributed by atoms with Gasteiger partial charge in [-0.1, -0.05) is 36.4 Å². The Bertz CT molecular complexity index is 1060. The maximum Gasteiger partial charge on any atom is 0.129 e. The van der Waals surface area contributed by atoms with Gasteiger partial charge < -0.3 is 15.7 Å². The van der Waals surface area contributed by atoms with Gasteiger partial charge in [0.1, 0.15) is 10.6 Å². The third-order valence-electron chi connectivity index (χ3n) is 4.50. The zero-order chi connectivity index (χ0) is 19.3. The zero-order valence-corrected chi connectivity index (χ0v) is 16.5. The molecule has 0 aliphatic heterocycles. The molecule has 0 bridgehead atoms. The first kappa shape index (κ1) is 18.4. The van der Waals surface area contributed by atoms with Crippen molar-refractivity contribution in [2.75, 3.05) is 23.8 Å². The fourth-order valence-corrected chi connectivity index (χ4v) is 4.33. The van der Waals surface area contributed by atoms with Gasteiger partial charge in [0, 0.05) is 40.3 Å². The van der Waals surface area contributed by atoms with Crippen molar-refractivity contribution in [3.05, 3.63) is 71.4 Å². The molecule has 28 heavy (non-hydrogen) atoms. The Balaban J connectivity index is 1.81. The molecule has 6 heteroatoms. The lowest BCUT2D eigenvalue weighted by molar-refractivity contribution is 0.311. The van der Waals surface area contributed by atoms with Gasteiger partial charge in [0.2, 0.25) is 0 Å². The molecule has 0 saturated carbocycles. The van der Waals surface area contributed by atoms with Gasteiger partial charge in [-0.15, -0.1) is 11.3 Å². The normalized spacial score (nSPS) is 10.9. The predicted octanol–water partition coefficient (Wildman–Crippen LogP) is 4.68. The number of anilines is 2. The average molecular weight is 391 g/mol. The minimum atomic E-state index is 0.0646. The molecular formula is C22H22N4OS. The largest absolute Gasteiger partial charge is 0.395 e. The van der Waals surface area contributed by atoms with Crippen LogP contribution in [0.15, 0.2) is 60.8 Å². The zero-order valence-electron chi connectivity index (χ0n) is 15.6. The molecule has 4 aromatic rings. The van der Waals surface area contributed by atoms with Gasteiger partial charge in [-0.25, -0.2) is 4.98 Å². The Labute approximate surface area is 168 Å². The fraction of sp³-hybridized carbons (Fsp3) is 0.182. The van der Waals surface area contributed by atoms with Crippen LogP contribution in [-0.4, -0.2) is 28.2 Å². The molecule has 4 rings (SSSR count). The van der Waals surface area contributed by atoms with Crippen molar-refractivity contribution in [2.24, 2.45) is 0 Å². The SMILES string of the molecule is Cc1sc2nc(NCCO)cc(NCc3ccccn3)c2c1-c1ccccc1. The molecule has 0 unspecified atom stereocenters. The first-order valence-electron chi connectivity index (χ1n) is 9.24. The van der Waals surface area contributed by atoms with E-state index in [2.05, 4.69) is 46.8 Å². The van der Waals surface area contributed by atoms with Crippen LogP contribution < -0.4 is 10.6 Å². The molecule has 0 saturated heterocycles. The quantitative estimate of drug-likeness (QED) is 0.427. The molecule has 0 fully saturated rings. The van der Waals surface area contributed by atoms with Crippen molar-refractivity contribution in [1.82, 2.24) is 9.97 Å². The number of aliphatic hydroxyl groups is 1. The van der Waals surface area contributed by atoms with Gasteiger partial charge in [0.25, 0.3) is 0 Å². The van der Waals surface area contributed by atoms with Crippen molar-refractivity contribution in [2.45, 2.75) is 13.5 Å². The number of pyridine rings is 2. The molecule has 0 aliphatic carbocycles. The van der Waals surface area contributed by atoms with E-state index in [9.17, 15) is 0 Å². The molecule has 0 amide bonds. The highest BCUT2D eigenvalue weighted by molar-refractivity contribution is 7.19. The first-order valence-corrected chi connectivity index (χ1v) is 10.1. The summed E-state index contributed by atoms with van der Waals surface area (Å²) in [7, 11) is 0. The summed E-state index contributed by atoms with van der Waals surface area (Å²) in [4.78, 5) is 11.4. The molecule has 3 heterocycles. The summed E-state index contributed by atoms with van der Waals surface area (Å²) in [5, 5.41) is 17.0. The molecule has 3 aromatic heterocycles. The van der Waals surface area contributed by atoms with Crippen LogP contribution in [0, 0.1) is 6.92 Å². The van der Waals surface area contributed by atoms with E-state index >= 15 is 0 Å². The van der Waals surface area contributed by atoms with E-state index in [1.807, 2.05) is 30.3 Å². The van der Waals surface area contributed by atoms with Gasteiger partial charge in [-0.3, -0.25) is 4.98 Å². The number of aromatic nitrogens is 2. The molecule has 0 spiro atoms. The number of nitrogens with one attached hydrogen (secondary N) is 2. The highest BCUT2D eigenvalue weighted by Gasteiger charge is 2.17. The van der Waals surface area contributed by atoms with E-state index in [-0.39, 0.29) is 6.61 Å². The lowest BCUT2D eigenvalue weighted by Gasteiger charge is -2.12. The van der Waals surface area contributed by atoms with Crippen LogP contribution in [0.5, 0.6) is 0 Å². The van der Waals surface area contributed by atoms with Gasteiger partial charge in [-0.05, 0) is 24.6 Å². The average Bonchev–Trinajstić information content (AvgIpc) is 3.07. The van der Waals surface area contributed by atoms with E-state index in [0.717, 1.165) is 27.4 Å². The molecule has 0 atom stereocenters. The van der Waals surface area contributed by atoms with E-state index in [0.29, 0.717) is 13.1 Å². The summed E-state index contributed by atoms with van der Waals surface area (Å²) < 4.78 is 0. The van der Waals surface area contributed by atoms with Crippen LogP contribution in [0.1, 0.15) is 10.6 Å². The predicted molar refractivity (Wildman–Crippen MR) is 117 cm³/mol. The summed E-state index contributed by atoms with van der Waals surface area (Å²) in [6.07, 6.45) is 1.80. The number of hydrogen-bond donors (Lipinski definition) is 3. The molecule has 5 nitrogen and oxygen atoms in total. The van der Waals surface area contributed by atoms with Gasteiger partial charge in [-0.2, -0.15) is 0 Å². The van der Waals surface area contributed by atoms with Crippen molar-refractivity contribution < 1.29 is 5.11 Å². The molecule has 0 aliphatic rings. The monoisotopic (exact) mass is 390 g/mol. The summed E-state index contributed by atoms with van der Waals surface area (Å²) in [6.45, 7) is 3.30. The number of aryl methyl sites for hydroxylation is 1. The van der Waals surface area contributed by atoms with E-state index in [1.54, 1.807) is 17.5 Å². The molecule has 1 aromatic carbocycles. The van der Waals surface area contributed by atoms with Crippen molar-refractivity contribution in [3.63, 3.8) is 0 Å². The molecule has 0 radical (unpaired) electrons. The second kappa shape index (κ2) is 8.37. The second-order valence-corrected chi connectivity index (χ2v) is 7.66. The number of hydrogen-bond acceptors (Lipinski definition) is 6. The number of thiophene rings is 1. The summed E-state index contributed by atoms with van der Waals surface area (Å²) in [6, 6.07) is 18.3. The highest BCUT2D eigenvalue weighted by atomic mass is 32.1. The van der Waals surface area contributed by atoms with Crippen LogP contribution in [0.4, 0.5) is 11.5 Å². The number of rotatable bonds is 7. The molecular weight excluding hydrogens is 368 g/mol. The highest BCUT2D eigenvalue weighted by Crippen LogP contribution is 2.42. The molecule has 3 N–H and O–H groups in total. The smallest absolute Gasteiger partial charge is 0.129 e. The van der Waals surface area contributed by atoms with E-state index in [4.69, 9.17) is 10.1 Å². The van der Waals surface area contributed by atoms with Crippen LogP contribution in [0.2, 0.25) is 0 Å². The summed E-state index contributed by atoms with van der Waals surface area (Å²) >= 11 is 1.69. The fourth-order valence-electron chi connectivity index (χ4n) is 3.26. The van der Waals surface area contributed by atoms with Gasteiger partial charge >= 0.3 is 0 Å². The number of fused-ring (bicyclic) bond motifs is 1. The van der Waals surface area contributed by atoms with Crippen LogP contribution in [0.3, 0.4) is 0 Å². The van der Waals surface area contributed by atoms with Gasteiger partial charge in [0.15, 0.2) is 0 Å². The Kier molecular flexibility index (Phi) is 5.50. The topological polar surface area (TPSA) is 70.1 Å². The van der Waals surface area contributed by atoms with Crippen LogP contribution in [-0.2, 0) is 6.54 Å². The van der Waals surface area contributed by atoms with Crippen molar-refractivity contribution in [3.8, 4) is 11.1 Å². The number of nitrogens with zero attached hydrogens (tertiary/aromatic N) is 2. The second-order valence-electron chi connectivity index (χ2n) is 6.46. The number of aliphatic hydroxyl groups excluding tert-OH is 1. The van der Waals surface area contributed by atoms with E-state index < -0.39 is 0 Å². The summed E-state index contributed by atoms with van der Waals surface area (Å²) in [5.74, 6) is 0.755. The lowest BCUT2D eigenvalue weighted by Crippen LogP contribution is -2.08.